The van der Waals surface area contributed by atoms with Crippen molar-refractivity contribution < 1.29 is 9.90 Å². The van der Waals surface area contributed by atoms with Crippen LogP contribution in [0.5, 0.6) is 0 Å². The Morgan fingerprint density at radius 3 is 3.00 bits per heavy atom. The van der Waals surface area contributed by atoms with E-state index in [1.807, 2.05) is 0 Å². The number of primary amides is 1. The van der Waals surface area contributed by atoms with Crippen molar-refractivity contribution in [1.82, 2.24) is 4.98 Å². The van der Waals surface area contributed by atoms with Crippen LogP contribution in [-0.2, 0) is 6.42 Å². The van der Waals surface area contributed by atoms with E-state index in [4.69, 9.17) is 10.8 Å². The average Bonchev–Trinajstić information content (AvgIpc) is 2.05. The van der Waals surface area contributed by atoms with Crippen LogP contribution in [-0.4, -0.2) is 22.6 Å². The molecule has 4 heteroatoms. The topological polar surface area (TPSA) is 76.2 Å². The molecule has 0 fully saturated rings. The van der Waals surface area contributed by atoms with E-state index in [2.05, 4.69) is 4.98 Å². The largest absolute Gasteiger partial charge is 0.396 e. The molecule has 0 unspecified atom stereocenters. The monoisotopic (exact) mass is 166 g/mol. The predicted molar refractivity (Wildman–Crippen MR) is 43.5 cm³/mol. The van der Waals surface area contributed by atoms with Gasteiger partial charge in [0.1, 0.15) is 0 Å². The first-order chi connectivity index (χ1) is 5.75. The Bertz CT molecular complexity index is 286. The molecule has 0 saturated carbocycles. The standard InChI is InChI=1S/C8H10N2O2/c9-8(12)7-5-10-3-1-6(7)2-4-11/h1,3,5,11H,2,4H2,(H2,9,12). The van der Waals surface area contributed by atoms with E-state index in [0.29, 0.717) is 12.0 Å². The minimum Gasteiger partial charge on any atom is -0.396 e. The quantitative estimate of drug-likeness (QED) is 0.648. The third-order valence-electron chi connectivity index (χ3n) is 1.56. The first-order valence-electron chi connectivity index (χ1n) is 3.59. The zero-order valence-electron chi connectivity index (χ0n) is 6.53. The molecule has 64 valence electrons. The van der Waals surface area contributed by atoms with Crippen molar-refractivity contribution in [3.8, 4) is 0 Å². The number of hydrogen-bond acceptors (Lipinski definition) is 3. The van der Waals surface area contributed by atoms with Crippen LogP contribution < -0.4 is 5.73 Å². The molecule has 0 aliphatic heterocycles. The third-order valence-corrected chi connectivity index (χ3v) is 1.56. The lowest BCUT2D eigenvalue weighted by Crippen LogP contribution is -2.14. The second-order valence-corrected chi connectivity index (χ2v) is 2.37. The number of hydrogen-bond donors (Lipinski definition) is 2. The summed E-state index contributed by atoms with van der Waals surface area (Å²) in [6.45, 7) is 0.00426. The van der Waals surface area contributed by atoms with Crippen LogP contribution in [0.3, 0.4) is 0 Å². The van der Waals surface area contributed by atoms with Gasteiger partial charge in [-0.05, 0) is 18.1 Å². The predicted octanol–water partition coefficient (Wildman–Crippen LogP) is -0.285. The molecule has 1 amide bonds. The van der Waals surface area contributed by atoms with Gasteiger partial charge in [-0.2, -0.15) is 0 Å². The number of rotatable bonds is 3. The van der Waals surface area contributed by atoms with Crippen LogP contribution in [0.15, 0.2) is 18.5 Å². The molecule has 3 N–H and O–H groups in total. The van der Waals surface area contributed by atoms with Crippen molar-refractivity contribution in [2.24, 2.45) is 5.73 Å². The van der Waals surface area contributed by atoms with E-state index in [9.17, 15) is 4.79 Å². The Kier molecular flexibility index (Phi) is 2.76. The molecular formula is C8H10N2O2. The Morgan fingerprint density at radius 1 is 1.67 bits per heavy atom. The molecule has 1 heterocycles. The third kappa shape index (κ3) is 1.79. The smallest absolute Gasteiger partial charge is 0.250 e. The van der Waals surface area contributed by atoms with Gasteiger partial charge in [0.2, 0.25) is 0 Å². The fraction of sp³-hybridized carbons (Fsp3) is 0.250. The lowest BCUT2D eigenvalue weighted by atomic mass is 10.1. The highest BCUT2D eigenvalue weighted by Crippen LogP contribution is 2.05. The van der Waals surface area contributed by atoms with Gasteiger partial charge in [-0.1, -0.05) is 0 Å². The number of nitrogens with two attached hydrogens (primary N) is 1. The lowest BCUT2D eigenvalue weighted by molar-refractivity contribution is 0.0999. The summed E-state index contributed by atoms with van der Waals surface area (Å²) < 4.78 is 0. The average molecular weight is 166 g/mol. The van der Waals surface area contributed by atoms with Gasteiger partial charge in [0.05, 0.1) is 5.56 Å². The summed E-state index contributed by atoms with van der Waals surface area (Å²) in [6, 6.07) is 1.68. The molecule has 0 atom stereocenters. The normalized spacial score (nSPS) is 9.75. The maximum atomic E-state index is 10.8. The minimum absolute atomic E-state index is 0.00426. The van der Waals surface area contributed by atoms with Gasteiger partial charge < -0.3 is 10.8 Å². The molecule has 0 bridgehead atoms. The second-order valence-electron chi connectivity index (χ2n) is 2.37. The number of nitrogens with zero attached hydrogens (tertiary/aromatic N) is 1. The number of aliphatic hydroxyl groups excluding tert-OH is 1. The van der Waals surface area contributed by atoms with Gasteiger partial charge in [-0.15, -0.1) is 0 Å². The summed E-state index contributed by atoms with van der Waals surface area (Å²) in [7, 11) is 0. The summed E-state index contributed by atoms with van der Waals surface area (Å²) in [4.78, 5) is 14.6. The van der Waals surface area contributed by atoms with Crippen molar-refractivity contribution in [2.45, 2.75) is 6.42 Å². The minimum atomic E-state index is -0.508. The van der Waals surface area contributed by atoms with Crippen molar-refractivity contribution in [3.63, 3.8) is 0 Å². The molecule has 1 aromatic rings. The van der Waals surface area contributed by atoms with Crippen LogP contribution in [0.4, 0.5) is 0 Å². The molecular weight excluding hydrogens is 156 g/mol. The van der Waals surface area contributed by atoms with Crippen molar-refractivity contribution in [1.29, 1.82) is 0 Å². The maximum absolute atomic E-state index is 10.8. The number of amides is 1. The molecule has 0 spiro atoms. The van der Waals surface area contributed by atoms with Gasteiger partial charge in [0.25, 0.3) is 5.91 Å². The molecule has 4 nitrogen and oxygen atoms in total. The molecule has 1 rings (SSSR count). The number of carbonyl (C=O) groups is 1. The van der Waals surface area contributed by atoms with E-state index in [-0.39, 0.29) is 6.61 Å². The lowest BCUT2D eigenvalue weighted by Gasteiger charge is -2.02. The molecule has 1 aromatic heterocycles. The fourth-order valence-corrected chi connectivity index (χ4v) is 0.984. The fourth-order valence-electron chi connectivity index (χ4n) is 0.984. The summed E-state index contributed by atoms with van der Waals surface area (Å²) in [5, 5.41) is 8.65. The number of carbonyl (C=O) groups excluding carboxylic acids is 1. The summed E-state index contributed by atoms with van der Waals surface area (Å²) in [5.74, 6) is -0.508. The maximum Gasteiger partial charge on any atom is 0.250 e. The molecule has 0 aromatic carbocycles. The van der Waals surface area contributed by atoms with E-state index in [0.717, 1.165) is 5.56 Å². The van der Waals surface area contributed by atoms with Gasteiger partial charge in [-0.3, -0.25) is 9.78 Å². The second kappa shape index (κ2) is 3.82. The number of aromatic nitrogens is 1. The summed E-state index contributed by atoms with van der Waals surface area (Å²) in [6.07, 6.45) is 3.41. The first-order valence-corrected chi connectivity index (χ1v) is 3.59. The van der Waals surface area contributed by atoms with E-state index in [1.165, 1.54) is 6.20 Å². The highest BCUT2D eigenvalue weighted by molar-refractivity contribution is 5.93. The highest BCUT2D eigenvalue weighted by Gasteiger charge is 2.06. The number of aliphatic hydroxyl groups is 1. The molecule has 12 heavy (non-hydrogen) atoms. The van der Waals surface area contributed by atoms with Crippen LogP contribution in [0, 0.1) is 0 Å². The zero-order valence-corrected chi connectivity index (χ0v) is 6.53. The SMILES string of the molecule is NC(=O)c1cnccc1CCO. The van der Waals surface area contributed by atoms with E-state index < -0.39 is 5.91 Å². The molecule has 0 aliphatic carbocycles. The van der Waals surface area contributed by atoms with Crippen LogP contribution in [0.2, 0.25) is 0 Å². The zero-order chi connectivity index (χ0) is 8.97. The van der Waals surface area contributed by atoms with Gasteiger partial charge in [0.15, 0.2) is 0 Å². The number of pyridine rings is 1. The Balaban J connectivity index is 3.00. The van der Waals surface area contributed by atoms with Gasteiger partial charge in [0, 0.05) is 19.0 Å². The van der Waals surface area contributed by atoms with E-state index >= 15 is 0 Å². The van der Waals surface area contributed by atoms with Crippen molar-refractivity contribution in [3.05, 3.63) is 29.6 Å². The summed E-state index contributed by atoms with van der Waals surface area (Å²) >= 11 is 0. The van der Waals surface area contributed by atoms with Crippen molar-refractivity contribution >= 4 is 5.91 Å². The molecule has 0 saturated heterocycles. The van der Waals surface area contributed by atoms with Crippen LogP contribution in [0.1, 0.15) is 15.9 Å². The van der Waals surface area contributed by atoms with Gasteiger partial charge >= 0.3 is 0 Å². The van der Waals surface area contributed by atoms with Crippen LogP contribution >= 0.6 is 0 Å². The highest BCUT2D eigenvalue weighted by atomic mass is 16.3. The van der Waals surface area contributed by atoms with Crippen LogP contribution in [0.25, 0.3) is 0 Å². The first kappa shape index (κ1) is 8.67. The van der Waals surface area contributed by atoms with E-state index in [1.54, 1.807) is 12.3 Å². The molecule has 0 aliphatic rings. The Hall–Kier alpha value is -1.42. The summed E-state index contributed by atoms with van der Waals surface area (Å²) in [5.41, 5.74) is 6.20. The Labute approximate surface area is 70.0 Å². The van der Waals surface area contributed by atoms with Gasteiger partial charge in [-0.25, -0.2) is 0 Å². The van der Waals surface area contributed by atoms with Crippen molar-refractivity contribution in [2.75, 3.05) is 6.61 Å². The Morgan fingerprint density at radius 2 is 2.42 bits per heavy atom. The molecule has 0 radical (unpaired) electrons.